The second-order valence-corrected chi connectivity index (χ2v) is 5.59. The van der Waals surface area contributed by atoms with E-state index in [-0.39, 0.29) is 17.3 Å². The zero-order valence-electron chi connectivity index (χ0n) is 14.0. The zero-order valence-corrected chi connectivity index (χ0v) is 14.0. The number of aromatic nitrogens is 2. The SMILES string of the molecule is Cc1nn(C)c(C)c1[C@@H](C)NC(=O)Nc1ccc(F)c(C(N)=O)c1. The summed E-state index contributed by atoms with van der Waals surface area (Å²) in [5.41, 5.74) is 7.81. The number of hydrogen-bond acceptors (Lipinski definition) is 3. The molecule has 128 valence electrons. The van der Waals surface area contributed by atoms with Gasteiger partial charge >= 0.3 is 6.03 Å². The summed E-state index contributed by atoms with van der Waals surface area (Å²) >= 11 is 0. The molecule has 1 aromatic carbocycles. The van der Waals surface area contributed by atoms with E-state index in [1.54, 1.807) is 4.68 Å². The van der Waals surface area contributed by atoms with Gasteiger partial charge in [0.1, 0.15) is 5.82 Å². The Balaban J connectivity index is 2.11. The van der Waals surface area contributed by atoms with Crippen LogP contribution in [0.1, 0.15) is 40.3 Å². The average Bonchev–Trinajstić information content (AvgIpc) is 2.73. The minimum absolute atomic E-state index is 0.269. The van der Waals surface area contributed by atoms with Crippen molar-refractivity contribution in [2.24, 2.45) is 12.8 Å². The molecular formula is C16H20FN5O2. The number of urea groups is 1. The Labute approximate surface area is 139 Å². The Morgan fingerprint density at radius 1 is 1.33 bits per heavy atom. The summed E-state index contributed by atoms with van der Waals surface area (Å²) in [7, 11) is 1.84. The van der Waals surface area contributed by atoms with Gasteiger partial charge in [0.25, 0.3) is 5.91 Å². The molecule has 0 fully saturated rings. The van der Waals surface area contributed by atoms with E-state index in [4.69, 9.17) is 5.73 Å². The molecule has 0 saturated carbocycles. The smallest absolute Gasteiger partial charge is 0.319 e. The third-order valence-electron chi connectivity index (χ3n) is 3.84. The average molecular weight is 333 g/mol. The topological polar surface area (TPSA) is 102 Å². The first-order valence-electron chi connectivity index (χ1n) is 7.37. The maximum Gasteiger partial charge on any atom is 0.319 e. The molecule has 4 N–H and O–H groups in total. The van der Waals surface area contributed by atoms with Gasteiger partial charge in [-0.15, -0.1) is 0 Å². The van der Waals surface area contributed by atoms with Gasteiger partial charge in [0.15, 0.2) is 0 Å². The maximum atomic E-state index is 13.4. The zero-order chi connectivity index (χ0) is 18.0. The summed E-state index contributed by atoms with van der Waals surface area (Å²) in [6.07, 6.45) is 0. The molecule has 0 spiro atoms. The van der Waals surface area contributed by atoms with Gasteiger partial charge in [-0.25, -0.2) is 9.18 Å². The van der Waals surface area contributed by atoms with E-state index in [2.05, 4.69) is 15.7 Å². The highest BCUT2D eigenvalue weighted by Crippen LogP contribution is 2.21. The number of rotatable bonds is 4. The summed E-state index contributed by atoms with van der Waals surface area (Å²) < 4.78 is 15.2. The number of nitrogens with one attached hydrogen (secondary N) is 2. The normalized spacial score (nSPS) is 11.9. The second kappa shape index (κ2) is 6.69. The molecule has 7 nitrogen and oxygen atoms in total. The van der Waals surface area contributed by atoms with E-state index in [0.717, 1.165) is 23.0 Å². The standard InChI is InChI=1S/C16H20FN5O2/c1-8(14-9(2)21-22(4)10(14)3)19-16(24)20-11-5-6-13(17)12(7-11)15(18)23/h5-8H,1-4H3,(H2,18,23)(H2,19,20,24)/t8-/m1/s1. The fourth-order valence-corrected chi connectivity index (χ4v) is 2.64. The van der Waals surface area contributed by atoms with Gasteiger partial charge < -0.3 is 16.4 Å². The quantitative estimate of drug-likeness (QED) is 0.799. The third-order valence-corrected chi connectivity index (χ3v) is 3.84. The van der Waals surface area contributed by atoms with Gasteiger partial charge in [-0.2, -0.15) is 5.10 Å². The van der Waals surface area contributed by atoms with E-state index >= 15 is 0 Å². The molecule has 1 heterocycles. The van der Waals surface area contributed by atoms with Gasteiger partial charge in [-0.3, -0.25) is 9.48 Å². The molecular weight excluding hydrogens is 313 g/mol. The van der Waals surface area contributed by atoms with Gasteiger partial charge in [0.05, 0.1) is 17.3 Å². The second-order valence-electron chi connectivity index (χ2n) is 5.59. The van der Waals surface area contributed by atoms with Crippen LogP contribution in [-0.4, -0.2) is 21.7 Å². The van der Waals surface area contributed by atoms with E-state index in [1.165, 1.54) is 12.1 Å². The Bertz CT molecular complexity index is 800. The number of hydrogen-bond donors (Lipinski definition) is 3. The van der Waals surface area contributed by atoms with Crippen molar-refractivity contribution in [1.82, 2.24) is 15.1 Å². The van der Waals surface area contributed by atoms with Crippen LogP contribution in [0.2, 0.25) is 0 Å². The lowest BCUT2D eigenvalue weighted by molar-refractivity contribution is 0.0996. The number of carbonyl (C=O) groups excluding carboxylic acids is 2. The monoisotopic (exact) mass is 333 g/mol. The predicted octanol–water partition coefficient (Wildman–Crippen LogP) is 2.16. The molecule has 1 aromatic heterocycles. The fourth-order valence-electron chi connectivity index (χ4n) is 2.64. The van der Waals surface area contributed by atoms with Crippen LogP contribution in [-0.2, 0) is 7.05 Å². The Morgan fingerprint density at radius 2 is 2.00 bits per heavy atom. The minimum Gasteiger partial charge on any atom is -0.366 e. The van der Waals surface area contributed by atoms with Gasteiger partial charge in [-0.1, -0.05) is 0 Å². The molecule has 0 aliphatic heterocycles. The maximum absolute atomic E-state index is 13.4. The number of primary amides is 1. The molecule has 3 amide bonds. The van der Waals surface area contributed by atoms with Crippen molar-refractivity contribution in [3.8, 4) is 0 Å². The van der Waals surface area contributed by atoms with Crippen molar-refractivity contribution in [2.75, 3.05) is 5.32 Å². The molecule has 0 aliphatic rings. The summed E-state index contributed by atoms with van der Waals surface area (Å²) in [6.45, 7) is 5.64. The van der Waals surface area contributed by atoms with E-state index < -0.39 is 17.8 Å². The number of nitrogens with two attached hydrogens (primary N) is 1. The lowest BCUT2D eigenvalue weighted by atomic mass is 10.1. The molecule has 1 atom stereocenters. The van der Waals surface area contributed by atoms with Gasteiger partial charge in [0.2, 0.25) is 0 Å². The van der Waals surface area contributed by atoms with Crippen molar-refractivity contribution in [1.29, 1.82) is 0 Å². The summed E-state index contributed by atoms with van der Waals surface area (Å²) in [5.74, 6) is -1.63. The highest BCUT2D eigenvalue weighted by Gasteiger charge is 2.18. The first kappa shape index (κ1) is 17.5. The van der Waals surface area contributed by atoms with Crippen LogP contribution in [0.25, 0.3) is 0 Å². The van der Waals surface area contributed by atoms with Crippen LogP contribution >= 0.6 is 0 Å². The molecule has 0 saturated heterocycles. The number of benzene rings is 1. The lowest BCUT2D eigenvalue weighted by Crippen LogP contribution is -2.31. The van der Waals surface area contributed by atoms with Crippen molar-refractivity contribution in [2.45, 2.75) is 26.8 Å². The van der Waals surface area contributed by atoms with Gasteiger partial charge in [-0.05, 0) is 39.0 Å². The highest BCUT2D eigenvalue weighted by molar-refractivity contribution is 5.96. The Kier molecular flexibility index (Phi) is 4.87. The first-order chi connectivity index (χ1) is 11.2. The molecule has 0 unspecified atom stereocenters. The van der Waals surface area contributed by atoms with Crippen LogP contribution in [0.15, 0.2) is 18.2 Å². The van der Waals surface area contributed by atoms with Crippen molar-refractivity contribution in [3.05, 3.63) is 46.5 Å². The highest BCUT2D eigenvalue weighted by atomic mass is 19.1. The van der Waals surface area contributed by atoms with E-state index in [0.29, 0.717) is 0 Å². The molecule has 2 rings (SSSR count). The number of carbonyl (C=O) groups is 2. The van der Waals surface area contributed by atoms with Crippen LogP contribution in [0.3, 0.4) is 0 Å². The number of aryl methyl sites for hydroxylation is 2. The number of anilines is 1. The van der Waals surface area contributed by atoms with E-state index in [1.807, 2.05) is 27.8 Å². The summed E-state index contributed by atoms with van der Waals surface area (Å²) in [5, 5.41) is 9.66. The van der Waals surface area contributed by atoms with Gasteiger partial charge in [0, 0.05) is 24.0 Å². The largest absolute Gasteiger partial charge is 0.366 e. The molecule has 8 heteroatoms. The van der Waals surface area contributed by atoms with Crippen LogP contribution in [0.5, 0.6) is 0 Å². The Hall–Kier alpha value is -2.90. The fraction of sp³-hybridized carbons (Fsp3) is 0.312. The molecule has 0 aliphatic carbocycles. The number of halogens is 1. The van der Waals surface area contributed by atoms with Crippen molar-refractivity contribution < 1.29 is 14.0 Å². The predicted molar refractivity (Wildman–Crippen MR) is 88.2 cm³/mol. The van der Waals surface area contributed by atoms with Crippen LogP contribution < -0.4 is 16.4 Å². The summed E-state index contributed by atoms with van der Waals surface area (Å²) in [6, 6.07) is 2.88. The number of amides is 3. The molecule has 0 bridgehead atoms. The summed E-state index contributed by atoms with van der Waals surface area (Å²) in [4.78, 5) is 23.3. The molecule has 2 aromatic rings. The van der Waals surface area contributed by atoms with Crippen LogP contribution in [0.4, 0.5) is 14.9 Å². The first-order valence-corrected chi connectivity index (χ1v) is 7.37. The number of nitrogens with zero attached hydrogens (tertiary/aromatic N) is 2. The Morgan fingerprint density at radius 3 is 2.54 bits per heavy atom. The van der Waals surface area contributed by atoms with Crippen LogP contribution in [0, 0.1) is 19.7 Å². The van der Waals surface area contributed by atoms with Crippen molar-refractivity contribution >= 4 is 17.6 Å². The minimum atomic E-state index is -0.897. The van der Waals surface area contributed by atoms with Crippen molar-refractivity contribution in [3.63, 3.8) is 0 Å². The molecule has 0 radical (unpaired) electrons. The lowest BCUT2D eigenvalue weighted by Gasteiger charge is -2.16. The molecule has 24 heavy (non-hydrogen) atoms. The third kappa shape index (κ3) is 3.53. The van der Waals surface area contributed by atoms with E-state index in [9.17, 15) is 14.0 Å².